The third-order valence-electron chi connectivity index (χ3n) is 3.25. The van der Waals surface area contributed by atoms with Crippen LogP contribution in [0, 0.1) is 0 Å². The fourth-order valence-corrected chi connectivity index (χ4v) is 3.41. The Morgan fingerprint density at radius 1 is 1.04 bits per heavy atom. The molecule has 0 saturated heterocycles. The number of nitrogens with one attached hydrogen (secondary N) is 1. The van der Waals surface area contributed by atoms with Gasteiger partial charge in [-0.05, 0) is 24.6 Å². The maximum Gasteiger partial charge on any atom is 0.417 e. The third kappa shape index (κ3) is 4.45. The summed E-state index contributed by atoms with van der Waals surface area (Å²) in [6.07, 6.45) is -2.95. The molecule has 24 heavy (non-hydrogen) atoms. The zero-order chi connectivity index (χ0) is 17.8. The second kappa shape index (κ2) is 7.18. The van der Waals surface area contributed by atoms with Gasteiger partial charge in [-0.25, -0.2) is 13.1 Å². The molecule has 1 N–H and O–H groups in total. The van der Waals surface area contributed by atoms with E-state index in [0.717, 1.165) is 18.2 Å². The van der Waals surface area contributed by atoms with E-state index >= 15 is 0 Å². The van der Waals surface area contributed by atoms with Crippen molar-refractivity contribution in [3.8, 4) is 0 Å². The Balaban J connectivity index is 2.05. The van der Waals surface area contributed by atoms with E-state index in [1.807, 2.05) is 0 Å². The van der Waals surface area contributed by atoms with E-state index < -0.39 is 26.7 Å². The molecule has 0 unspecified atom stereocenters. The standard InChI is InChI=1S/C15H15F3N2O3S/c16-15(17,18)12-6-1-2-7-13(12)24(22,23)19-9-5-11-20-10-4-3-8-14(20)21/h1-4,6-8,10,19H,5,9,11H2. The molecule has 0 fully saturated rings. The van der Waals surface area contributed by atoms with Crippen molar-refractivity contribution < 1.29 is 21.6 Å². The number of rotatable bonds is 6. The summed E-state index contributed by atoms with van der Waals surface area (Å²) in [6, 6.07) is 8.59. The number of halogens is 3. The van der Waals surface area contributed by atoms with Gasteiger partial charge in [0.05, 0.1) is 10.5 Å². The molecule has 1 aromatic heterocycles. The Kier molecular flexibility index (Phi) is 5.45. The molecule has 0 aliphatic rings. The normalized spacial score (nSPS) is 12.3. The van der Waals surface area contributed by atoms with E-state index in [9.17, 15) is 26.4 Å². The molecular weight excluding hydrogens is 345 g/mol. The molecule has 1 aromatic carbocycles. The van der Waals surface area contributed by atoms with Crippen LogP contribution >= 0.6 is 0 Å². The van der Waals surface area contributed by atoms with Crippen LogP contribution < -0.4 is 10.3 Å². The van der Waals surface area contributed by atoms with E-state index in [0.29, 0.717) is 0 Å². The molecule has 2 rings (SSSR count). The largest absolute Gasteiger partial charge is 0.417 e. The monoisotopic (exact) mass is 360 g/mol. The zero-order valence-electron chi connectivity index (χ0n) is 12.5. The van der Waals surface area contributed by atoms with Gasteiger partial charge >= 0.3 is 6.18 Å². The summed E-state index contributed by atoms with van der Waals surface area (Å²) < 4.78 is 66.4. The van der Waals surface area contributed by atoms with E-state index in [-0.39, 0.29) is 25.1 Å². The van der Waals surface area contributed by atoms with Crippen LogP contribution in [0.25, 0.3) is 0 Å². The Labute approximate surface area is 136 Å². The van der Waals surface area contributed by atoms with Gasteiger partial charge in [-0.3, -0.25) is 4.79 Å². The van der Waals surface area contributed by atoms with Gasteiger partial charge in [0, 0.05) is 25.4 Å². The molecule has 2 aromatic rings. The van der Waals surface area contributed by atoms with E-state index in [1.54, 1.807) is 18.3 Å². The molecule has 0 spiro atoms. The molecule has 1 heterocycles. The van der Waals surface area contributed by atoms with Crippen molar-refractivity contribution in [1.29, 1.82) is 0 Å². The van der Waals surface area contributed by atoms with Crippen molar-refractivity contribution >= 4 is 10.0 Å². The van der Waals surface area contributed by atoms with Crippen LogP contribution in [-0.2, 0) is 22.7 Å². The maximum absolute atomic E-state index is 12.9. The molecule has 0 aliphatic carbocycles. The Morgan fingerprint density at radius 2 is 1.71 bits per heavy atom. The van der Waals surface area contributed by atoms with Gasteiger partial charge in [0.2, 0.25) is 15.6 Å². The minimum Gasteiger partial charge on any atom is -0.315 e. The van der Waals surface area contributed by atoms with Crippen LogP contribution in [0.3, 0.4) is 0 Å². The van der Waals surface area contributed by atoms with Crippen molar-refractivity contribution in [2.24, 2.45) is 0 Å². The predicted molar refractivity (Wildman–Crippen MR) is 82.0 cm³/mol. The van der Waals surface area contributed by atoms with Crippen LogP contribution in [0.1, 0.15) is 12.0 Å². The number of benzene rings is 1. The molecular formula is C15H15F3N2O3S. The predicted octanol–water partition coefficient (Wildman–Crippen LogP) is 2.24. The van der Waals surface area contributed by atoms with Crippen LogP contribution in [0.4, 0.5) is 13.2 Å². The summed E-state index contributed by atoms with van der Waals surface area (Å²) >= 11 is 0. The highest BCUT2D eigenvalue weighted by Crippen LogP contribution is 2.33. The van der Waals surface area contributed by atoms with Crippen LogP contribution in [0.5, 0.6) is 0 Å². The minimum absolute atomic E-state index is 0.0874. The number of pyridine rings is 1. The first-order chi connectivity index (χ1) is 11.2. The van der Waals surface area contributed by atoms with Crippen molar-refractivity contribution in [3.05, 3.63) is 64.6 Å². The van der Waals surface area contributed by atoms with E-state index in [2.05, 4.69) is 4.72 Å². The lowest BCUT2D eigenvalue weighted by Gasteiger charge is -2.13. The van der Waals surface area contributed by atoms with Crippen molar-refractivity contribution in [1.82, 2.24) is 9.29 Å². The zero-order valence-corrected chi connectivity index (χ0v) is 13.3. The summed E-state index contributed by atoms with van der Waals surface area (Å²) in [4.78, 5) is 10.7. The third-order valence-corrected chi connectivity index (χ3v) is 4.77. The Morgan fingerprint density at radius 3 is 2.38 bits per heavy atom. The summed E-state index contributed by atoms with van der Waals surface area (Å²) in [5.74, 6) is 0. The molecule has 5 nitrogen and oxygen atoms in total. The SMILES string of the molecule is O=c1ccccn1CCCNS(=O)(=O)c1ccccc1C(F)(F)F. The van der Waals surface area contributed by atoms with E-state index in [1.165, 1.54) is 16.7 Å². The minimum atomic E-state index is -4.76. The Hall–Kier alpha value is -2.13. The molecule has 0 radical (unpaired) electrons. The van der Waals surface area contributed by atoms with Crippen molar-refractivity contribution in [2.45, 2.75) is 24.0 Å². The number of alkyl halides is 3. The summed E-state index contributed by atoms with van der Waals surface area (Å²) in [5, 5.41) is 0. The van der Waals surface area contributed by atoms with Gasteiger partial charge in [-0.2, -0.15) is 13.2 Å². The van der Waals surface area contributed by atoms with Gasteiger partial charge in [-0.15, -0.1) is 0 Å². The fraction of sp³-hybridized carbons (Fsp3) is 0.267. The fourth-order valence-electron chi connectivity index (χ4n) is 2.11. The average molecular weight is 360 g/mol. The lowest BCUT2D eigenvalue weighted by Crippen LogP contribution is -2.28. The molecule has 0 saturated carbocycles. The number of hydrogen-bond donors (Lipinski definition) is 1. The van der Waals surface area contributed by atoms with Crippen molar-refractivity contribution in [3.63, 3.8) is 0 Å². The average Bonchev–Trinajstić information content (AvgIpc) is 2.52. The topological polar surface area (TPSA) is 68.2 Å². The smallest absolute Gasteiger partial charge is 0.315 e. The molecule has 0 aliphatic heterocycles. The van der Waals surface area contributed by atoms with E-state index in [4.69, 9.17) is 0 Å². The second-order valence-electron chi connectivity index (χ2n) is 4.98. The van der Waals surface area contributed by atoms with Gasteiger partial charge in [0.15, 0.2) is 0 Å². The number of hydrogen-bond acceptors (Lipinski definition) is 3. The van der Waals surface area contributed by atoms with Gasteiger partial charge < -0.3 is 4.57 Å². The quantitative estimate of drug-likeness (QED) is 0.804. The van der Waals surface area contributed by atoms with Crippen LogP contribution in [0.2, 0.25) is 0 Å². The van der Waals surface area contributed by atoms with Gasteiger partial charge in [0.25, 0.3) is 0 Å². The highest BCUT2D eigenvalue weighted by atomic mass is 32.2. The number of sulfonamides is 1. The molecule has 0 atom stereocenters. The van der Waals surface area contributed by atoms with Crippen molar-refractivity contribution in [2.75, 3.05) is 6.54 Å². The maximum atomic E-state index is 12.9. The first-order valence-corrected chi connectivity index (χ1v) is 8.51. The lowest BCUT2D eigenvalue weighted by molar-refractivity contribution is -0.139. The summed E-state index contributed by atoms with van der Waals surface area (Å²) in [5.41, 5.74) is -1.44. The molecule has 130 valence electrons. The van der Waals surface area contributed by atoms with Gasteiger partial charge in [0.1, 0.15) is 0 Å². The number of nitrogens with zero attached hydrogens (tertiary/aromatic N) is 1. The molecule has 0 bridgehead atoms. The second-order valence-corrected chi connectivity index (χ2v) is 6.71. The lowest BCUT2D eigenvalue weighted by atomic mass is 10.2. The number of aryl methyl sites for hydroxylation is 1. The highest BCUT2D eigenvalue weighted by Gasteiger charge is 2.36. The first-order valence-electron chi connectivity index (χ1n) is 7.03. The van der Waals surface area contributed by atoms with Crippen LogP contribution in [-0.4, -0.2) is 19.5 Å². The summed E-state index contributed by atoms with van der Waals surface area (Å²) in [6.45, 7) is 0.166. The first kappa shape index (κ1) is 18.2. The Bertz CT molecular complexity index is 861. The highest BCUT2D eigenvalue weighted by molar-refractivity contribution is 7.89. The molecule has 0 amide bonds. The van der Waals surface area contributed by atoms with Crippen LogP contribution in [0.15, 0.2) is 58.4 Å². The number of aromatic nitrogens is 1. The molecule has 9 heteroatoms. The van der Waals surface area contributed by atoms with Gasteiger partial charge in [-0.1, -0.05) is 18.2 Å². The summed E-state index contributed by atoms with van der Waals surface area (Å²) in [7, 11) is -4.30.